The second-order valence-electron chi connectivity index (χ2n) is 4.05. The van der Waals surface area contributed by atoms with Gasteiger partial charge in [-0.3, -0.25) is 0 Å². The van der Waals surface area contributed by atoms with Crippen LogP contribution in [0.3, 0.4) is 0 Å². The molecule has 100 valence electrons. The third-order valence-corrected chi connectivity index (χ3v) is 4.76. The van der Waals surface area contributed by atoms with E-state index in [2.05, 4.69) is 38.5 Å². The molecule has 2 aromatic rings. The van der Waals surface area contributed by atoms with E-state index in [4.69, 9.17) is 11.6 Å². The lowest BCUT2D eigenvalue weighted by Crippen LogP contribution is -2.01. The van der Waals surface area contributed by atoms with Crippen molar-refractivity contribution in [3.8, 4) is 0 Å². The van der Waals surface area contributed by atoms with E-state index in [0.29, 0.717) is 17.0 Å². The van der Waals surface area contributed by atoms with Crippen LogP contribution in [0, 0.1) is 15.2 Å². The molecule has 0 amide bonds. The highest BCUT2D eigenvalue weighted by molar-refractivity contribution is 14.1. The van der Waals surface area contributed by atoms with E-state index in [0.717, 1.165) is 15.2 Å². The van der Waals surface area contributed by atoms with Gasteiger partial charge in [0.1, 0.15) is 0 Å². The molecule has 19 heavy (non-hydrogen) atoms. The number of rotatable bonds is 3. The van der Waals surface area contributed by atoms with Crippen LogP contribution < -0.4 is 0 Å². The zero-order valence-corrected chi connectivity index (χ0v) is 14.1. The summed E-state index contributed by atoms with van der Waals surface area (Å²) in [7, 11) is 0. The summed E-state index contributed by atoms with van der Waals surface area (Å²) < 4.78 is 27.8. The van der Waals surface area contributed by atoms with E-state index in [-0.39, 0.29) is 4.83 Å². The Morgan fingerprint density at radius 2 is 1.95 bits per heavy atom. The molecule has 1 unspecified atom stereocenters. The maximum atomic E-state index is 13.6. The van der Waals surface area contributed by atoms with E-state index in [9.17, 15) is 8.78 Å². The molecule has 1 atom stereocenters. The van der Waals surface area contributed by atoms with Gasteiger partial charge >= 0.3 is 0 Å². The summed E-state index contributed by atoms with van der Waals surface area (Å²) in [5.41, 5.74) is 1.31. The van der Waals surface area contributed by atoms with Crippen LogP contribution in [0.1, 0.15) is 16.0 Å². The SMILES string of the molecule is Fc1cccc(CC(Br)c2cc(Cl)ccc2I)c1F. The Hall–Kier alpha value is -0.200. The van der Waals surface area contributed by atoms with Gasteiger partial charge in [0.15, 0.2) is 11.6 Å². The number of alkyl halides is 1. The fourth-order valence-electron chi connectivity index (χ4n) is 1.76. The van der Waals surface area contributed by atoms with E-state index in [1.54, 1.807) is 12.1 Å². The van der Waals surface area contributed by atoms with Crippen LogP contribution in [0.2, 0.25) is 5.02 Å². The standard InChI is InChI=1S/C14H9BrClF2I/c15-11(10-7-9(16)4-5-13(10)19)6-8-2-1-3-12(17)14(8)18/h1-5,7,11H,6H2. The Bertz CT molecular complexity index is 604. The maximum absolute atomic E-state index is 13.6. The van der Waals surface area contributed by atoms with Gasteiger partial charge in [0.25, 0.3) is 0 Å². The Labute approximate surface area is 137 Å². The summed E-state index contributed by atoms with van der Waals surface area (Å²) in [5.74, 6) is -1.61. The Morgan fingerprint density at radius 1 is 1.21 bits per heavy atom. The summed E-state index contributed by atoms with van der Waals surface area (Å²) in [6.45, 7) is 0. The maximum Gasteiger partial charge on any atom is 0.162 e. The first-order valence-electron chi connectivity index (χ1n) is 5.51. The minimum Gasteiger partial charge on any atom is -0.204 e. The molecule has 0 aliphatic heterocycles. The molecule has 0 spiro atoms. The minimum absolute atomic E-state index is 0.116. The number of hydrogen-bond donors (Lipinski definition) is 0. The quantitative estimate of drug-likeness (QED) is 0.398. The highest BCUT2D eigenvalue weighted by Gasteiger charge is 2.16. The van der Waals surface area contributed by atoms with Gasteiger partial charge in [-0.25, -0.2) is 8.78 Å². The first-order valence-corrected chi connectivity index (χ1v) is 7.88. The van der Waals surface area contributed by atoms with Gasteiger partial charge in [-0.05, 0) is 64.4 Å². The first kappa shape index (κ1) is 15.2. The van der Waals surface area contributed by atoms with Gasteiger partial charge in [-0.15, -0.1) is 0 Å². The van der Waals surface area contributed by atoms with Gasteiger partial charge in [-0.2, -0.15) is 0 Å². The molecule has 5 heteroatoms. The lowest BCUT2D eigenvalue weighted by molar-refractivity contribution is 0.498. The summed E-state index contributed by atoms with van der Waals surface area (Å²) in [4.78, 5) is -0.116. The van der Waals surface area contributed by atoms with Crippen molar-refractivity contribution in [2.24, 2.45) is 0 Å². The summed E-state index contributed by atoms with van der Waals surface area (Å²) >= 11 is 11.7. The molecule has 0 bridgehead atoms. The Morgan fingerprint density at radius 3 is 2.68 bits per heavy atom. The summed E-state index contributed by atoms with van der Waals surface area (Å²) in [6.07, 6.45) is 0.361. The number of benzene rings is 2. The molecule has 0 N–H and O–H groups in total. The molecule has 0 radical (unpaired) electrons. The van der Waals surface area contributed by atoms with Crippen LogP contribution in [0.4, 0.5) is 8.78 Å². The van der Waals surface area contributed by atoms with E-state index < -0.39 is 11.6 Å². The lowest BCUT2D eigenvalue weighted by Gasteiger charge is -2.13. The molecule has 0 aromatic heterocycles. The topological polar surface area (TPSA) is 0 Å². The minimum atomic E-state index is -0.821. The molecule has 0 heterocycles. The Balaban J connectivity index is 2.28. The normalized spacial score (nSPS) is 12.5. The molecular formula is C14H9BrClF2I. The van der Waals surface area contributed by atoms with Crippen LogP contribution in [-0.4, -0.2) is 0 Å². The van der Waals surface area contributed by atoms with Gasteiger partial charge < -0.3 is 0 Å². The van der Waals surface area contributed by atoms with Crippen molar-refractivity contribution in [3.05, 3.63) is 67.8 Å². The smallest absolute Gasteiger partial charge is 0.162 e. The van der Waals surface area contributed by atoms with Crippen molar-refractivity contribution in [1.29, 1.82) is 0 Å². The third-order valence-electron chi connectivity index (χ3n) is 2.73. The average molecular weight is 457 g/mol. The van der Waals surface area contributed by atoms with Gasteiger partial charge in [0, 0.05) is 13.4 Å². The van der Waals surface area contributed by atoms with Gasteiger partial charge in [-0.1, -0.05) is 39.7 Å². The third kappa shape index (κ3) is 3.67. The highest BCUT2D eigenvalue weighted by atomic mass is 127. The molecule has 0 nitrogen and oxygen atoms in total. The molecule has 0 aliphatic carbocycles. The van der Waals surface area contributed by atoms with E-state index >= 15 is 0 Å². The van der Waals surface area contributed by atoms with Crippen LogP contribution in [-0.2, 0) is 6.42 Å². The van der Waals surface area contributed by atoms with Gasteiger partial charge in [0.05, 0.1) is 0 Å². The van der Waals surface area contributed by atoms with Crippen molar-refractivity contribution in [3.63, 3.8) is 0 Å². The lowest BCUT2D eigenvalue weighted by atomic mass is 10.0. The predicted molar refractivity (Wildman–Crippen MR) is 85.9 cm³/mol. The number of hydrogen-bond acceptors (Lipinski definition) is 0. The summed E-state index contributed by atoms with van der Waals surface area (Å²) in [5, 5.41) is 0.625. The van der Waals surface area contributed by atoms with Crippen LogP contribution in [0.25, 0.3) is 0 Å². The molecular weight excluding hydrogens is 448 g/mol. The Kier molecular flexibility index (Phi) is 5.20. The fourth-order valence-corrected chi connectivity index (χ4v) is 3.81. The van der Waals surface area contributed by atoms with Crippen LogP contribution >= 0.6 is 50.1 Å². The fraction of sp³-hybridized carbons (Fsp3) is 0.143. The molecule has 2 rings (SSSR count). The van der Waals surface area contributed by atoms with Crippen molar-refractivity contribution in [2.75, 3.05) is 0 Å². The van der Waals surface area contributed by atoms with Crippen molar-refractivity contribution in [1.82, 2.24) is 0 Å². The second kappa shape index (κ2) is 6.50. The first-order chi connectivity index (χ1) is 8.99. The number of halogens is 5. The second-order valence-corrected chi connectivity index (χ2v) is 6.75. The van der Waals surface area contributed by atoms with E-state index in [1.165, 1.54) is 6.07 Å². The van der Waals surface area contributed by atoms with Crippen molar-refractivity contribution in [2.45, 2.75) is 11.2 Å². The van der Waals surface area contributed by atoms with Crippen LogP contribution in [0.5, 0.6) is 0 Å². The zero-order valence-electron chi connectivity index (χ0n) is 9.64. The molecule has 2 aromatic carbocycles. The molecule has 0 saturated heterocycles. The highest BCUT2D eigenvalue weighted by Crippen LogP contribution is 2.33. The zero-order chi connectivity index (χ0) is 14.0. The van der Waals surface area contributed by atoms with Crippen LogP contribution in [0.15, 0.2) is 36.4 Å². The van der Waals surface area contributed by atoms with Gasteiger partial charge in [0.2, 0.25) is 0 Å². The van der Waals surface area contributed by atoms with E-state index in [1.807, 2.05) is 12.1 Å². The largest absolute Gasteiger partial charge is 0.204 e. The molecule has 0 aliphatic rings. The van der Waals surface area contributed by atoms with Crippen molar-refractivity contribution >= 4 is 50.1 Å². The monoisotopic (exact) mass is 456 g/mol. The molecule has 0 saturated carbocycles. The summed E-state index contributed by atoms with van der Waals surface area (Å²) in [6, 6.07) is 9.75. The average Bonchev–Trinajstić information content (AvgIpc) is 2.38. The van der Waals surface area contributed by atoms with Crippen molar-refractivity contribution < 1.29 is 8.78 Å². The predicted octanol–water partition coefficient (Wildman–Crippen LogP) is 5.90. The molecule has 0 fully saturated rings.